The SMILES string of the molecule is C[C@H](Nc1cc(N)nc(CS(=O)(=O)OC#N)n1)c1c(-c2ccccc2)[nH]c2c(Cl)cccc2c1=O. The first-order valence-corrected chi connectivity index (χ1v) is 12.2. The smallest absolute Gasteiger partial charge is 0.326 e. The third-order valence-corrected chi connectivity index (χ3v) is 6.40. The number of nitrogens with two attached hydrogens (primary N) is 1. The van der Waals surface area contributed by atoms with E-state index < -0.39 is 21.9 Å². The van der Waals surface area contributed by atoms with E-state index in [0.717, 1.165) is 11.8 Å². The molecule has 0 aliphatic heterocycles. The standard InChI is InChI=1S/C23H19ClN6O4S/c1-13(27-18-10-17(26)28-19(29-18)11-35(32,33)34-12-25)20-21(14-6-3-2-4-7-14)30-22-15(23(20)31)8-5-9-16(22)24/h2-10,13H,11H2,1H3,(H,30,31)(H3,26,27,28,29)/t13-/m0/s1. The molecule has 10 nitrogen and oxygen atoms in total. The van der Waals surface area contributed by atoms with Crippen LogP contribution in [-0.4, -0.2) is 23.4 Å². The van der Waals surface area contributed by atoms with Gasteiger partial charge in [0.1, 0.15) is 17.4 Å². The molecule has 0 bridgehead atoms. The molecular weight excluding hydrogens is 492 g/mol. The van der Waals surface area contributed by atoms with Crippen molar-refractivity contribution in [3.63, 3.8) is 0 Å². The summed E-state index contributed by atoms with van der Waals surface area (Å²) in [6.45, 7) is 1.76. The van der Waals surface area contributed by atoms with E-state index in [1.165, 1.54) is 6.07 Å². The van der Waals surface area contributed by atoms with Gasteiger partial charge in [0.25, 0.3) is 0 Å². The fourth-order valence-electron chi connectivity index (χ4n) is 3.73. The first-order chi connectivity index (χ1) is 16.7. The summed E-state index contributed by atoms with van der Waals surface area (Å²) in [6, 6.07) is 15.2. The fourth-order valence-corrected chi connectivity index (χ4v) is 4.57. The molecule has 0 aliphatic rings. The molecule has 12 heteroatoms. The maximum atomic E-state index is 13.6. The number of rotatable bonds is 7. The summed E-state index contributed by atoms with van der Waals surface area (Å²) in [5.74, 6) is -0.729. The molecule has 0 saturated carbocycles. The van der Waals surface area contributed by atoms with Gasteiger partial charge in [0.15, 0.2) is 11.3 Å². The first kappa shape index (κ1) is 24.0. The minimum absolute atomic E-state index is 0.000608. The monoisotopic (exact) mass is 510 g/mol. The molecule has 0 amide bonds. The van der Waals surface area contributed by atoms with Crippen molar-refractivity contribution in [3.8, 4) is 17.5 Å². The molecule has 4 rings (SSSR count). The van der Waals surface area contributed by atoms with Gasteiger partial charge in [-0.05, 0) is 24.6 Å². The van der Waals surface area contributed by atoms with Gasteiger partial charge < -0.3 is 20.2 Å². The van der Waals surface area contributed by atoms with E-state index in [1.54, 1.807) is 25.1 Å². The lowest BCUT2D eigenvalue weighted by atomic mass is 9.98. The predicted octanol–water partition coefficient (Wildman–Crippen LogP) is 3.72. The van der Waals surface area contributed by atoms with E-state index in [9.17, 15) is 13.2 Å². The third-order valence-electron chi connectivity index (χ3n) is 5.14. The number of nitrogens with zero attached hydrogens (tertiary/aromatic N) is 3. The number of pyridine rings is 1. The number of hydrogen-bond acceptors (Lipinski definition) is 9. The lowest BCUT2D eigenvalue weighted by molar-refractivity contribution is 0.457. The molecule has 0 unspecified atom stereocenters. The second kappa shape index (κ2) is 9.61. The predicted molar refractivity (Wildman–Crippen MR) is 133 cm³/mol. The Morgan fingerprint density at radius 1 is 1.20 bits per heavy atom. The number of aromatic amines is 1. The number of para-hydroxylation sites is 1. The molecule has 2 aromatic carbocycles. The highest BCUT2D eigenvalue weighted by molar-refractivity contribution is 7.86. The van der Waals surface area contributed by atoms with Gasteiger partial charge in [0, 0.05) is 17.0 Å². The summed E-state index contributed by atoms with van der Waals surface area (Å²) in [5, 5.41) is 12.4. The Morgan fingerprint density at radius 3 is 2.66 bits per heavy atom. The van der Waals surface area contributed by atoms with E-state index in [1.807, 2.05) is 30.3 Å². The van der Waals surface area contributed by atoms with Crippen LogP contribution in [0.3, 0.4) is 0 Å². The topological polar surface area (TPSA) is 164 Å². The van der Waals surface area contributed by atoms with Gasteiger partial charge in [-0.25, -0.2) is 9.97 Å². The van der Waals surface area contributed by atoms with E-state index in [2.05, 4.69) is 24.5 Å². The molecule has 178 valence electrons. The molecule has 35 heavy (non-hydrogen) atoms. The summed E-state index contributed by atoms with van der Waals surface area (Å²) in [4.78, 5) is 25.0. The average molecular weight is 511 g/mol. The maximum absolute atomic E-state index is 13.6. The zero-order valence-electron chi connectivity index (χ0n) is 18.3. The van der Waals surface area contributed by atoms with Crippen LogP contribution in [0.1, 0.15) is 24.4 Å². The van der Waals surface area contributed by atoms with E-state index in [0.29, 0.717) is 27.2 Å². The van der Waals surface area contributed by atoms with Crippen molar-refractivity contribution in [2.24, 2.45) is 0 Å². The van der Waals surface area contributed by atoms with E-state index >= 15 is 0 Å². The number of nitriles is 1. The Balaban J connectivity index is 1.80. The number of anilines is 2. The Labute approximate surface area is 205 Å². The van der Waals surface area contributed by atoms with Crippen molar-refractivity contribution in [2.75, 3.05) is 11.1 Å². The van der Waals surface area contributed by atoms with Gasteiger partial charge in [-0.3, -0.25) is 4.79 Å². The number of fused-ring (bicyclic) bond motifs is 1. The fraction of sp³-hybridized carbons (Fsp3) is 0.130. The van der Waals surface area contributed by atoms with Gasteiger partial charge in [-0.15, -0.1) is 5.26 Å². The van der Waals surface area contributed by atoms with Crippen molar-refractivity contribution >= 4 is 44.3 Å². The molecule has 0 fully saturated rings. The van der Waals surface area contributed by atoms with Crippen LogP contribution in [0, 0.1) is 11.5 Å². The van der Waals surface area contributed by atoms with Crippen LogP contribution >= 0.6 is 11.6 Å². The molecule has 0 radical (unpaired) electrons. The van der Waals surface area contributed by atoms with Crippen molar-refractivity contribution < 1.29 is 12.6 Å². The van der Waals surface area contributed by atoms with Crippen LogP contribution in [0.25, 0.3) is 22.2 Å². The quantitative estimate of drug-likeness (QED) is 0.248. The van der Waals surface area contributed by atoms with E-state index in [4.69, 9.17) is 22.6 Å². The zero-order chi connectivity index (χ0) is 25.2. The van der Waals surface area contributed by atoms with Crippen LogP contribution in [0.15, 0.2) is 59.4 Å². The summed E-state index contributed by atoms with van der Waals surface area (Å²) < 4.78 is 27.7. The Kier molecular flexibility index (Phi) is 6.59. The third kappa shape index (κ3) is 5.18. The number of nitrogens with one attached hydrogen (secondary N) is 2. The number of H-pyrrole nitrogens is 1. The molecule has 0 aliphatic carbocycles. The van der Waals surface area contributed by atoms with Crippen LogP contribution in [0.5, 0.6) is 0 Å². The molecule has 4 N–H and O–H groups in total. The molecule has 0 saturated heterocycles. The first-order valence-electron chi connectivity index (χ1n) is 10.3. The average Bonchev–Trinajstić information content (AvgIpc) is 2.79. The second-order valence-electron chi connectivity index (χ2n) is 7.61. The highest BCUT2D eigenvalue weighted by atomic mass is 35.5. The Bertz CT molecular complexity index is 1620. The van der Waals surface area contributed by atoms with Crippen molar-refractivity contribution in [3.05, 3.63) is 81.2 Å². The number of aromatic nitrogens is 3. The van der Waals surface area contributed by atoms with Gasteiger partial charge >= 0.3 is 16.4 Å². The number of hydrogen-bond donors (Lipinski definition) is 3. The molecule has 4 aromatic rings. The number of benzene rings is 2. The van der Waals surface area contributed by atoms with E-state index in [-0.39, 0.29) is 22.9 Å². The molecular formula is C23H19ClN6O4S. The van der Waals surface area contributed by atoms with Gasteiger partial charge in [0.2, 0.25) is 0 Å². The summed E-state index contributed by atoms with van der Waals surface area (Å²) in [7, 11) is -4.21. The van der Waals surface area contributed by atoms with Crippen LogP contribution in [-0.2, 0) is 20.1 Å². The molecule has 1 atom stereocenters. The van der Waals surface area contributed by atoms with Crippen molar-refractivity contribution in [2.45, 2.75) is 18.7 Å². The molecule has 2 aromatic heterocycles. The van der Waals surface area contributed by atoms with Gasteiger partial charge in [-0.2, -0.15) is 8.42 Å². The Morgan fingerprint density at radius 2 is 1.94 bits per heavy atom. The summed E-state index contributed by atoms with van der Waals surface area (Å²) in [5.41, 5.74) is 7.89. The maximum Gasteiger partial charge on any atom is 0.326 e. The summed E-state index contributed by atoms with van der Waals surface area (Å²) in [6.07, 6.45) is 1.12. The van der Waals surface area contributed by atoms with Crippen molar-refractivity contribution in [1.29, 1.82) is 5.26 Å². The number of nitrogen functional groups attached to an aromatic ring is 1. The zero-order valence-corrected chi connectivity index (χ0v) is 19.9. The van der Waals surface area contributed by atoms with Crippen LogP contribution < -0.4 is 16.5 Å². The van der Waals surface area contributed by atoms with Crippen molar-refractivity contribution in [1.82, 2.24) is 15.0 Å². The highest BCUT2D eigenvalue weighted by Gasteiger charge is 2.22. The molecule has 0 spiro atoms. The largest absolute Gasteiger partial charge is 0.384 e. The van der Waals surface area contributed by atoms with Crippen LogP contribution in [0.2, 0.25) is 5.02 Å². The Hall–Kier alpha value is -4.14. The normalized spacial score (nSPS) is 12.1. The van der Waals surface area contributed by atoms with Crippen LogP contribution in [0.4, 0.5) is 11.6 Å². The van der Waals surface area contributed by atoms with Gasteiger partial charge in [0.05, 0.1) is 22.3 Å². The number of halogens is 1. The van der Waals surface area contributed by atoms with Gasteiger partial charge in [-0.1, -0.05) is 48.0 Å². The lowest BCUT2D eigenvalue weighted by Crippen LogP contribution is -2.21. The highest BCUT2D eigenvalue weighted by Crippen LogP contribution is 2.30. The second-order valence-corrected chi connectivity index (χ2v) is 9.59. The lowest BCUT2D eigenvalue weighted by Gasteiger charge is -2.20. The minimum Gasteiger partial charge on any atom is -0.384 e. The minimum atomic E-state index is -4.21. The molecule has 2 heterocycles. The summed E-state index contributed by atoms with van der Waals surface area (Å²) >= 11 is 6.36.